The van der Waals surface area contributed by atoms with E-state index in [4.69, 9.17) is 10.3 Å². The minimum absolute atomic E-state index is 0.249. The number of rotatable bonds is 2. The third kappa shape index (κ3) is 1.62. The zero-order valence-corrected chi connectivity index (χ0v) is 6.86. The lowest BCUT2D eigenvalue weighted by Gasteiger charge is -2.03. The first-order valence-corrected chi connectivity index (χ1v) is 3.67. The molecule has 0 atom stereocenters. The molecule has 0 spiro atoms. The highest BCUT2D eigenvalue weighted by molar-refractivity contribution is 6.02. The van der Waals surface area contributed by atoms with Crippen LogP contribution < -0.4 is 0 Å². The van der Waals surface area contributed by atoms with Crippen molar-refractivity contribution in [2.45, 2.75) is 6.92 Å². The monoisotopic (exact) mass is 165 g/mol. The van der Waals surface area contributed by atoms with Crippen molar-refractivity contribution in [1.29, 1.82) is 0 Å². The van der Waals surface area contributed by atoms with Crippen molar-refractivity contribution in [2.24, 2.45) is 5.16 Å². The fourth-order valence-corrected chi connectivity index (χ4v) is 1.07. The Kier molecular flexibility index (Phi) is 2.82. The third-order valence-electron chi connectivity index (χ3n) is 1.73. The minimum Gasteiger partial charge on any atom is -0.411 e. The fourth-order valence-electron chi connectivity index (χ4n) is 1.07. The second-order valence-electron chi connectivity index (χ2n) is 2.52. The van der Waals surface area contributed by atoms with Gasteiger partial charge in [0.25, 0.3) is 0 Å². The molecule has 0 aromatic heterocycles. The van der Waals surface area contributed by atoms with Crippen LogP contribution in [0.5, 0.6) is 0 Å². The maximum absolute atomic E-state index is 8.81. The van der Waals surface area contributed by atoms with Crippen molar-refractivity contribution in [3.05, 3.63) is 35.4 Å². The van der Waals surface area contributed by atoms with Crippen molar-refractivity contribution >= 4 is 5.71 Å². The Morgan fingerprint density at radius 1 is 1.42 bits per heavy atom. The molecule has 0 aliphatic heterocycles. The van der Waals surface area contributed by atoms with Gasteiger partial charge in [0.1, 0.15) is 5.71 Å². The summed E-state index contributed by atoms with van der Waals surface area (Å²) < 4.78 is 0. The summed E-state index contributed by atoms with van der Waals surface area (Å²) in [7, 11) is 0. The highest BCUT2D eigenvalue weighted by atomic mass is 16.4. The highest BCUT2D eigenvalue weighted by Crippen LogP contribution is 2.07. The Labute approximate surface area is 71.0 Å². The zero-order chi connectivity index (χ0) is 8.97. The van der Waals surface area contributed by atoms with Crippen LogP contribution in [0.3, 0.4) is 0 Å². The molecule has 3 nitrogen and oxygen atoms in total. The Bertz CT molecular complexity index is 294. The lowest BCUT2D eigenvalue weighted by Crippen LogP contribution is -2.07. The number of benzene rings is 1. The van der Waals surface area contributed by atoms with E-state index in [0.717, 1.165) is 11.1 Å². The van der Waals surface area contributed by atoms with E-state index in [0.29, 0.717) is 5.71 Å². The van der Waals surface area contributed by atoms with Crippen molar-refractivity contribution in [3.8, 4) is 0 Å². The molecule has 12 heavy (non-hydrogen) atoms. The van der Waals surface area contributed by atoms with E-state index in [9.17, 15) is 0 Å². The molecular formula is C9H11NO2. The molecule has 2 N–H and O–H groups in total. The third-order valence-corrected chi connectivity index (χ3v) is 1.73. The summed E-state index contributed by atoms with van der Waals surface area (Å²) in [6.07, 6.45) is 0. The first-order chi connectivity index (χ1) is 5.79. The number of aliphatic hydroxyl groups excluding tert-OH is 1. The molecular weight excluding hydrogens is 154 g/mol. The summed E-state index contributed by atoms with van der Waals surface area (Å²) in [5.74, 6) is 0. The molecule has 0 aliphatic carbocycles. The van der Waals surface area contributed by atoms with Crippen LogP contribution in [0.2, 0.25) is 0 Å². The molecule has 64 valence electrons. The van der Waals surface area contributed by atoms with E-state index < -0.39 is 0 Å². The summed E-state index contributed by atoms with van der Waals surface area (Å²) in [4.78, 5) is 0. The Balaban J connectivity index is 3.10. The molecule has 0 fully saturated rings. The van der Waals surface area contributed by atoms with Gasteiger partial charge in [-0.25, -0.2) is 0 Å². The number of hydrogen-bond donors (Lipinski definition) is 2. The molecule has 0 bridgehead atoms. The van der Waals surface area contributed by atoms with E-state index in [1.165, 1.54) is 0 Å². The molecule has 3 heteroatoms. The molecule has 0 radical (unpaired) electrons. The lowest BCUT2D eigenvalue weighted by molar-refractivity contribution is 0.303. The van der Waals surface area contributed by atoms with Gasteiger partial charge in [-0.1, -0.05) is 29.4 Å². The van der Waals surface area contributed by atoms with Crippen LogP contribution in [-0.4, -0.2) is 22.6 Å². The average Bonchev–Trinajstić information content (AvgIpc) is 2.10. The fraction of sp³-hybridized carbons (Fsp3) is 0.222. The molecule has 0 saturated carbocycles. The lowest BCUT2D eigenvalue weighted by atomic mass is 10.1. The Hall–Kier alpha value is -1.35. The van der Waals surface area contributed by atoms with Crippen LogP contribution >= 0.6 is 0 Å². The van der Waals surface area contributed by atoms with Crippen LogP contribution in [0, 0.1) is 6.92 Å². The molecule has 0 saturated heterocycles. The number of aliphatic hydroxyl groups is 1. The molecule has 0 aliphatic rings. The summed E-state index contributed by atoms with van der Waals surface area (Å²) in [6.45, 7) is 1.65. The van der Waals surface area contributed by atoms with Gasteiger partial charge in [-0.3, -0.25) is 0 Å². The predicted molar refractivity (Wildman–Crippen MR) is 46.6 cm³/mol. The molecule has 0 amide bonds. The first-order valence-electron chi connectivity index (χ1n) is 3.67. The Morgan fingerprint density at radius 3 is 2.58 bits per heavy atom. The van der Waals surface area contributed by atoms with E-state index in [1.54, 1.807) is 6.07 Å². The van der Waals surface area contributed by atoms with E-state index in [2.05, 4.69) is 5.16 Å². The number of hydrogen-bond acceptors (Lipinski definition) is 3. The van der Waals surface area contributed by atoms with Crippen LogP contribution in [0.4, 0.5) is 0 Å². The smallest absolute Gasteiger partial charge is 0.112 e. The van der Waals surface area contributed by atoms with Gasteiger partial charge in [-0.05, 0) is 12.5 Å². The summed E-state index contributed by atoms with van der Waals surface area (Å²) in [6, 6.07) is 7.44. The quantitative estimate of drug-likeness (QED) is 0.392. The van der Waals surface area contributed by atoms with Gasteiger partial charge in [0.05, 0.1) is 6.61 Å². The van der Waals surface area contributed by atoms with Gasteiger partial charge in [0, 0.05) is 5.56 Å². The number of oxime groups is 1. The largest absolute Gasteiger partial charge is 0.411 e. The second kappa shape index (κ2) is 3.88. The first kappa shape index (κ1) is 8.74. The summed E-state index contributed by atoms with van der Waals surface area (Å²) >= 11 is 0. The van der Waals surface area contributed by atoms with Crippen LogP contribution in [-0.2, 0) is 0 Å². The topological polar surface area (TPSA) is 52.8 Å². The minimum atomic E-state index is -0.249. The van der Waals surface area contributed by atoms with Crippen LogP contribution in [0.25, 0.3) is 0 Å². The molecule has 0 unspecified atom stereocenters. The van der Waals surface area contributed by atoms with Crippen LogP contribution in [0.15, 0.2) is 29.4 Å². The van der Waals surface area contributed by atoms with Crippen molar-refractivity contribution in [2.75, 3.05) is 6.61 Å². The van der Waals surface area contributed by atoms with Gasteiger partial charge in [-0.2, -0.15) is 0 Å². The van der Waals surface area contributed by atoms with Gasteiger partial charge < -0.3 is 10.3 Å². The van der Waals surface area contributed by atoms with Gasteiger partial charge in [0.2, 0.25) is 0 Å². The zero-order valence-electron chi connectivity index (χ0n) is 6.86. The van der Waals surface area contributed by atoms with Crippen LogP contribution in [0.1, 0.15) is 11.1 Å². The summed E-state index contributed by atoms with van der Waals surface area (Å²) in [5, 5.41) is 20.3. The number of nitrogens with zero attached hydrogens (tertiary/aromatic N) is 1. The van der Waals surface area contributed by atoms with Gasteiger partial charge >= 0.3 is 0 Å². The highest BCUT2D eigenvalue weighted by Gasteiger charge is 2.04. The molecule has 1 rings (SSSR count). The predicted octanol–water partition coefficient (Wildman–Crippen LogP) is 1.17. The molecule has 0 heterocycles. The van der Waals surface area contributed by atoms with E-state index >= 15 is 0 Å². The summed E-state index contributed by atoms with van der Waals surface area (Å²) in [5.41, 5.74) is 2.06. The van der Waals surface area contributed by atoms with Gasteiger partial charge in [-0.15, -0.1) is 0 Å². The second-order valence-corrected chi connectivity index (χ2v) is 2.52. The Morgan fingerprint density at radius 2 is 2.08 bits per heavy atom. The standard InChI is InChI=1S/C9H11NO2/c1-7-4-2-3-5-8(7)9(6-11)10-12/h2-5,11-12H,6H2,1H3/b10-9+. The van der Waals surface area contributed by atoms with E-state index in [-0.39, 0.29) is 6.61 Å². The number of aryl methyl sites for hydroxylation is 1. The molecule has 1 aromatic rings. The molecule has 1 aromatic carbocycles. The maximum atomic E-state index is 8.81. The normalized spacial score (nSPS) is 11.7. The van der Waals surface area contributed by atoms with Crippen molar-refractivity contribution < 1.29 is 10.3 Å². The van der Waals surface area contributed by atoms with Gasteiger partial charge in [0.15, 0.2) is 0 Å². The van der Waals surface area contributed by atoms with E-state index in [1.807, 2.05) is 25.1 Å². The maximum Gasteiger partial charge on any atom is 0.112 e. The van der Waals surface area contributed by atoms with Crippen molar-refractivity contribution in [3.63, 3.8) is 0 Å². The van der Waals surface area contributed by atoms with Crippen molar-refractivity contribution in [1.82, 2.24) is 0 Å². The SMILES string of the molecule is Cc1ccccc1/C(CO)=N/O. The average molecular weight is 165 g/mol.